The molecule has 0 amide bonds. The van der Waals surface area contributed by atoms with Crippen LogP contribution >= 0.6 is 11.3 Å². The lowest BCUT2D eigenvalue weighted by Gasteiger charge is -2.26. The molecule has 0 unspecified atom stereocenters. The number of hydrogen-bond donors (Lipinski definition) is 0. The van der Waals surface area contributed by atoms with Crippen molar-refractivity contribution in [2.24, 2.45) is 4.99 Å². The minimum atomic E-state index is 0.678. The van der Waals surface area contributed by atoms with E-state index >= 15 is 0 Å². The monoisotopic (exact) mass is 423 g/mol. The average Bonchev–Trinajstić information content (AvgIpc) is 3.18. The molecule has 0 N–H and O–H groups in total. The van der Waals surface area contributed by atoms with Gasteiger partial charge in [0, 0.05) is 31.6 Å². The number of thiazole rings is 1. The molecule has 1 aliphatic heterocycles. The number of hydrogen-bond acceptors (Lipinski definition) is 5. The Kier molecular flexibility index (Phi) is 7.00. The lowest BCUT2D eigenvalue weighted by atomic mass is 10.1. The Hall–Kier alpha value is -2.41. The van der Waals surface area contributed by atoms with E-state index in [0.29, 0.717) is 6.61 Å². The van der Waals surface area contributed by atoms with Crippen LogP contribution in [0.5, 0.6) is 5.75 Å². The zero-order valence-electron chi connectivity index (χ0n) is 17.7. The molecule has 6 heteroatoms. The topological polar surface area (TPSA) is 39.0 Å². The molecule has 0 bridgehead atoms. The van der Waals surface area contributed by atoms with Crippen LogP contribution in [0.1, 0.15) is 12.5 Å². The van der Waals surface area contributed by atoms with E-state index in [9.17, 15) is 0 Å². The summed E-state index contributed by atoms with van der Waals surface area (Å²) < 4.78 is 13.4. The van der Waals surface area contributed by atoms with Crippen molar-refractivity contribution in [3.05, 3.63) is 64.3 Å². The lowest BCUT2D eigenvalue weighted by molar-refractivity contribution is 0.0363. The quantitative estimate of drug-likeness (QED) is 0.562. The molecule has 0 radical (unpaired) electrons. The normalized spacial score (nSPS) is 15.5. The Morgan fingerprint density at radius 1 is 1.00 bits per heavy atom. The van der Waals surface area contributed by atoms with Crippen LogP contribution in [-0.4, -0.2) is 48.9 Å². The van der Waals surface area contributed by atoms with Gasteiger partial charge in [0.15, 0.2) is 4.80 Å². The molecule has 1 aliphatic rings. The van der Waals surface area contributed by atoms with Gasteiger partial charge < -0.3 is 14.0 Å². The van der Waals surface area contributed by atoms with Gasteiger partial charge in [0.1, 0.15) is 5.75 Å². The molecule has 2 heterocycles. The summed E-state index contributed by atoms with van der Waals surface area (Å²) in [6, 6.07) is 16.7. The second kappa shape index (κ2) is 10.1. The highest BCUT2D eigenvalue weighted by molar-refractivity contribution is 7.07. The minimum Gasteiger partial charge on any atom is -0.494 e. The molecular weight excluding hydrogens is 394 g/mol. The Morgan fingerprint density at radius 2 is 1.73 bits per heavy atom. The molecule has 1 aromatic heterocycles. The molecule has 1 saturated heterocycles. The van der Waals surface area contributed by atoms with Gasteiger partial charge in [-0.3, -0.25) is 4.90 Å². The second-order valence-electron chi connectivity index (χ2n) is 7.41. The summed E-state index contributed by atoms with van der Waals surface area (Å²) in [5.74, 6) is 0.904. The summed E-state index contributed by atoms with van der Waals surface area (Å²) >= 11 is 1.69. The van der Waals surface area contributed by atoms with Crippen LogP contribution in [0, 0.1) is 6.92 Å². The molecule has 0 atom stereocenters. The number of morpholine rings is 1. The summed E-state index contributed by atoms with van der Waals surface area (Å²) in [5, 5.41) is 2.21. The van der Waals surface area contributed by atoms with Crippen molar-refractivity contribution >= 4 is 17.0 Å². The smallest absolute Gasteiger partial charge is 0.190 e. The fourth-order valence-electron chi connectivity index (χ4n) is 3.55. The van der Waals surface area contributed by atoms with Crippen molar-refractivity contribution < 1.29 is 9.47 Å². The van der Waals surface area contributed by atoms with Gasteiger partial charge in [-0.15, -0.1) is 11.3 Å². The maximum absolute atomic E-state index is 5.61. The number of ether oxygens (including phenoxy) is 2. The van der Waals surface area contributed by atoms with Crippen LogP contribution in [0.2, 0.25) is 0 Å². The van der Waals surface area contributed by atoms with Gasteiger partial charge in [-0.2, -0.15) is 0 Å². The number of aromatic nitrogens is 1. The van der Waals surface area contributed by atoms with Gasteiger partial charge in [-0.25, -0.2) is 4.99 Å². The van der Waals surface area contributed by atoms with Crippen molar-refractivity contribution in [1.82, 2.24) is 9.47 Å². The Labute approximate surface area is 182 Å². The number of aryl methyl sites for hydroxylation is 1. The Balaban J connectivity index is 1.66. The SMILES string of the molecule is CCOc1ccc(-c2csc(=Nc3ccc(C)cc3)n2CCN2CCOCC2)cc1. The summed E-state index contributed by atoms with van der Waals surface area (Å²) in [6.07, 6.45) is 0. The predicted molar refractivity (Wildman–Crippen MR) is 123 cm³/mol. The van der Waals surface area contributed by atoms with Gasteiger partial charge in [-0.05, 0) is 55.8 Å². The Morgan fingerprint density at radius 3 is 2.43 bits per heavy atom. The van der Waals surface area contributed by atoms with E-state index in [0.717, 1.165) is 55.6 Å². The van der Waals surface area contributed by atoms with E-state index in [1.807, 2.05) is 19.1 Å². The van der Waals surface area contributed by atoms with Crippen LogP contribution in [0.15, 0.2) is 58.9 Å². The van der Waals surface area contributed by atoms with E-state index in [-0.39, 0.29) is 0 Å². The fourth-order valence-corrected chi connectivity index (χ4v) is 4.51. The van der Waals surface area contributed by atoms with E-state index in [1.54, 1.807) is 11.3 Å². The maximum atomic E-state index is 5.61. The summed E-state index contributed by atoms with van der Waals surface area (Å²) in [6.45, 7) is 10.3. The van der Waals surface area contributed by atoms with Crippen molar-refractivity contribution in [3.8, 4) is 17.0 Å². The molecule has 4 rings (SSSR count). The molecule has 1 fully saturated rings. The number of nitrogens with zero attached hydrogens (tertiary/aromatic N) is 3. The van der Waals surface area contributed by atoms with Gasteiger partial charge in [0.05, 0.1) is 31.2 Å². The predicted octanol–water partition coefficient (Wildman–Crippen LogP) is 4.49. The van der Waals surface area contributed by atoms with E-state index in [1.165, 1.54) is 16.8 Å². The summed E-state index contributed by atoms with van der Waals surface area (Å²) in [4.78, 5) is 8.44. The van der Waals surface area contributed by atoms with E-state index in [4.69, 9.17) is 14.5 Å². The summed E-state index contributed by atoms with van der Waals surface area (Å²) in [5.41, 5.74) is 4.61. The molecule has 0 saturated carbocycles. The van der Waals surface area contributed by atoms with Crippen LogP contribution in [0.4, 0.5) is 5.69 Å². The largest absolute Gasteiger partial charge is 0.494 e. The van der Waals surface area contributed by atoms with E-state index in [2.05, 4.69) is 58.2 Å². The van der Waals surface area contributed by atoms with Gasteiger partial charge >= 0.3 is 0 Å². The maximum Gasteiger partial charge on any atom is 0.190 e. The van der Waals surface area contributed by atoms with E-state index < -0.39 is 0 Å². The fraction of sp³-hybridized carbons (Fsp3) is 0.375. The highest BCUT2D eigenvalue weighted by Gasteiger charge is 2.13. The molecular formula is C24H29N3O2S. The summed E-state index contributed by atoms with van der Waals surface area (Å²) in [7, 11) is 0. The molecule has 5 nitrogen and oxygen atoms in total. The zero-order chi connectivity index (χ0) is 20.8. The molecule has 3 aromatic rings. The average molecular weight is 424 g/mol. The highest BCUT2D eigenvalue weighted by atomic mass is 32.1. The molecule has 30 heavy (non-hydrogen) atoms. The van der Waals surface area contributed by atoms with Crippen molar-refractivity contribution in [2.45, 2.75) is 20.4 Å². The zero-order valence-corrected chi connectivity index (χ0v) is 18.5. The third kappa shape index (κ3) is 5.19. The molecule has 0 spiro atoms. The Bertz CT molecular complexity index is 1000. The van der Waals surface area contributed by atoms with Crippen LogP contribution in [0.25, 0.3) is 11.3 Å². The van der Waals surface area contributed by atoms with Gasteiger partial charge in [-0.1, -0.05) is 17.7 Å². The number of rotatable bonds is 7. The first kappa shape index (κ1) is 20.8. The minimum absolute atomic E-state index is 0.678. The first-order valence-corrected chi connectivity index (χ1v) is 11.4. The van der Waals surface area contributed by atoms with Crippen LogP contribution in [0.3, 0.4) is 0 Å². The standard InChI is InChI=1S/C24H29N3O2S/c1-3-29-22-10-6-20(7-11-22)23-18-30-24(25-21-8-4-19(2)5-9-21)27(23)13-12-26-14-16-28-17-15-26/h4-11,18H,3,12-17H2,1-2H3. The third-order valence-corrected chi connectivity index (χ3v) is 6.12. The number of benzene rings is 2. The van der Waals surface area contributed by atoms with Gasteiger partial charge in [0.2, 0.25) is 0 Å². The van der Waals surface area contributed by atoms with Crippen molar-refractivity contribution in [3.63, 3.8) is 0 Å². The lowest BCUT2D eigenvalue weighted by Crippen LogP contribution is -2.39. The molecule has 158 valence electrons. The first-order chi connectivity index (χ1) is 14.7. The molecule has 2 aromatic carbocycles. The van der Waals surface area contributed by atoms with Crippen LogP contribution in [-0.2, 0) is 11.3 Å². The van der Waals surface area contributed by atoms with Crippen molar-refractivity contribution in [2.75, 3.05) is 39.5 Å². The van der Waals surface area contributed by atoms with Crippen molar-refractivity contribution in [1.29, 1.82) is 0 Å². The highest BCUT2D eigenvalue weighted by Crippen LogP contribution is 2.24. The van der Waals surface area contributed by atoms with Gasteiger partial charge in [0.25, 0.3) is 0 Å². The van der Waals surface area contributed by atoms with Crippen LogP contribution < -0.4 is 9.54 Å². The third-order valence-electron chi connectivity index (χ3n) is 5.26. The first-order valence-electron chi connectivity index (χ1n) is 10.6. The molecule has 0 aliphatic carbocycles. The second-order valence-corrected chi connectivity index (χ2v) is 8.25.